The Balaban J connectivity index is 2.04. The van der Waals surface area contributed by atoms with Crippen LogP contribution in [0.25, 0.3) is 0 Å². The van der Waals surface area contributed by atoms with Crippen LogP contribution in [-0.4, -0.2) is 41.5 Å². The average molecular weight is 380 g/mol. The van der Waals surface area contributed by atoms with Gasteiger partial charge in [-0.25, -0.2) is 9.78 Å². The highest BCUT2D eigenvalue weighted by molar-refractivity contribution is 6.00. The largest absolute Gasteiger partial charge is 0.402 e. The Morgan fingerprint density at radius 2 is 2.14 bits per heavy atom. The summed E-state index contributed by atoms with van der Waals surface area (Å²) < 4.78 is 0. The lowest BCUT2D eigenvalue weighted by molar-refractivity contribution is 0.253. The maximum absolute atomic E-state index is 12.1. The Morgan fingerprint density at radius 1 is 1.36 bits per heavy atom. The molecular weight excluding hydrogens is 356 g/mol. The molecular formula is C19H24N8O. The molecule has 0 aliphatic heterocycles. The molecule has 2 aromatic rings. The predicted molar refractivity (Wildman–Crippen MR) is 113 cm³/mol. The number of pyridine rings is 2. The molecule has 0 atom stereocenters. The molecule has 0 aliphatic rings. The number of urea groups is 1. The smallest absolute Gasteiger partial charge is 0.320 e. The van der Waals surface area contributed by atoms with Crippen LogP contribution < -0.4 is 21.7 Å². The molecule has 0 unspecified atom stereocenters. The summed E-state index contributed by atoms with van der Waals surface area (Å²) in [4.78, 5) is 24.5. The second-order valence-corrected chi connectivity index (χ2v) is 6.02. The number of amides is 2. The minimum Gasteiger partial charge on any atom is -0.402 e. The van der Waals surface area contributed by atoms with E-state index >= 15 is 0 Å². The molecule has 2 rings (SSSR count). The van der Waals surface area contributed by atoms with E-state index in [1.165, 1.54) is 6.21 Å². The summed E-state index contributed by atoms with van der Waals surface area (Å²) in [5.74, 6) is 0.327. The number of hydrogen-bond donors (Lipinski definition) is 5. The average Bonchev–Trinajstić information content (AvgIpc) is 2.66. The first-order valence-electron chi connectivity index (χ1n) is 8.55. The number of nitrogens with two attached hydrogens (primary N) is 1. The number of aliphatic imine (C=N–C) groups is 1. The van der Waals surface area contributed by atoms with Gasteiger partial charge in [0.05, 0.1) is 24.1 Å². The predicted octanol–water partition coefficient (Wildman–Crippen LogP) is 2.58. The van der Waals surface area contributed by atoms with Crippen molar-refractivity contribution in [3.63, 3.8) is 0 Å². The molecule has 0 aliphatic carbocycles. The summed E-state index contributed by atoms with van der Waals surface area (Å²) in [7, 11) is 1.63. The number of hydrogen-bond acceptors (Lipinski definition) is 7. The van der Waals surface area contributed by atoms with Gasteiger partial charge in [0.15, 0.2) is 0 Å². The van der Waals surface area contributed by atoms with Gasteiger partial charge in [0.1, 0.15) is 5.82 Å². The maximum Gasteiger partial charge on any atom is 0.320 e. The van der Waals surface area contributed by atoms with Crippen molar-refractivity contribution in [2.75, 3.05) is 24.2 Å². The molecule has 0 aromatic carbocycles. The van der Waals surface area contributed by atoms with Gasteiger partial charge in [-0.15, -0.1) is 0 Å². The van der Waals surface area contributed by atoms with Crippen LogP contribution >= 0.6 is 0 Å². The van der Waals surface area contributed by atoms with Crippen LogP contribution in [0, 0.1) is 12.3 Å². The third kappa shape index (κ3) is 6.20. The van der Waals surface area contributed by atoms with Gasteiger partial charge in [-0.05, 0) is 38.1 Å². The molecule has 6 N–H and O–H groups in total. The van der Waals surface area contributed by atoms with Crippen LogP contribution in [0.1, 0.15) is 18.2 Å². The van der Waals surface area contributed by atoms with E-state index in [0.29, 0.717) is 28.5 Å². The van der Waals surface area contributed by atoms with Crippen molar-refractivity contribution in [2.24, 2.45) is 10.7 Å². The van der Waals surface area contributed by atoms with E-state index in [-0.39, 0.29) is 6.54 Å². The van der Waals surface area contributed by atoms with E-state index in [2.05, 4.69) is 30.9 Å². The first-order chi connectivity index (χ1) is 13.4. The van der Waals surface area contributed by atoms with E-state index in [1.807, 2.05) is 19.1 Å². The van der Waals surface area contributed by atoms with Gasteiger partial charge in [-0.1, -0.05) is 0 Å². The molecule has 28 heavy (non-hydrogen) atoms. The molecule has 9 heteroatoms. The number of carbonyl (C=O) groups excluding carboxylic acids is 1. The van der Waals surface area contributed by atoms with E-state index in [1.54, 1.807) is 38.5 Å². The number of allylic oxidation sites excluding steroid dienone is 1. The lowest BCUT2D eigenvalue weighted by Crippen LogP contribution is -2.33. The number of anilines is 3. The maximum atomic E-state index is 12.1. The first-order valence-corrected chi connectivity index (χ1v) is 8.55. The van der Waals surface area contributed by atoms with E-state index in [9.17, 15) is 4.79 Å². The monoisotopic (exact) mass is 380 g/mol. The number of rotatable bonds is 7. The van der Waals surface area contributed by atoms with Gasteiger partial charge in [-0.2, -0.15) is 0 Å². The Kier molecular flexibility index (Phi) is 7.21. The fourth-order valence-electron chi connectivity index (χ4n) is 2.33. The zero-order chi connectivity index (χ0) is 20.5. The van der Waals surface area contributed by atoms with Crippen LogP contribution in [0.3, 0.4) is 0 Å². The van der Waals surface area contributed by atoms with Crippen LogP contribution in [0.15, 0.2) is 47.4 Å². The summed E-state index contributed by atoms with van der Waals surface area (Å²) in [6.07, 6.45) is 6.14. The van der Waals surface area contributed by atoms with Crippen LogP contribution in [0.5, 0.6) is 0 Å². The standard InChI is InChI=1S/C19H24N8O/c1-12(21)6-16(22-3)10-25-19(28)27-18-8-14(9-20)17(11-24-18)26-15-4-5-23-13(2)7-15/h4-9,11,20H,10,21H2,1-3H3,(H,23,26)(H2,24,25,27,28). The fourth-order valence-corrected chi connectivity index (χ4v) is 2.33. The first kappa shape index (κ1) is 20.6. The molecule has 0 radical (unpaired) electrons. The number of carbonyl (C=O) groups is 1. The summed E-state index contributed by atoms with van der Waals surface area (Å²) >= 11 is 0. The highest BCUT2D eigenvalue weighted by Crippen LogP contribution is 2.21. The highest BCUT2D eigenvalue weighted by Gasteiger charge is 2.08. The number of nitrogens with zero attached hydrogens (tertiary/aromatic N) is 3. The van der Waals surface area contributed by atoms with Crippen molar-refractivity contribution >= 4 is 35.2 Å². The van der Waals surface area contributed by atoms with Crippen molar-refractivity contribution in [1.82, 2.24) is 15.3 Å². The molecule has 2 heterocycles. The minimum atomic E-state index is -0.432. The van der Waals surface area contributed by atoms with Gasteiger partial charge >= 0.3 is 6.03 Å². The third-order valence-corrected chi connectivity index (χ3v) is 3.62. The zero-order valence-electron chi connectivity index (χ0n) is 16.1. The Labute approximate surface area is 163 Å². The number of aromatic nitrogens is 2. The van der Waals surface area contributed by atoms with Gasteiger partial charge in [0.2, 0.25) is 0 Å². The lowest BCUT2D eigenvalue weighted by Gasteiger charge is -2.12. The second kappa shape index (κ2) is 9.81. The SMILES string of the molecule is CN=C(C=C(C)N)CNC(=O)Nc1cc(C=N)c(Nc2ccnc(C)c2)cn1. The highest BCUT2D eigenvalue weighted by atomic mass is 16.2. The Bertz CT molecular complexity index is 916. The lowest BCUT2D eigenvalue weighted by atomic mass is 10.2. The fraction of sp³-hybridized carbons (Fsp3) is 0.211. The molecule has 0 fully saturated rings. The molecule has 2 amide bonds. The molecule has 0 bridgehead atoms. The van der Waals surface area contributed by atoms with Crippen LogP contribution in [-0.2, 0) is 0 Å². The van der Waals surface area contributed by atoms with Crippen molar-refractivity contribution in [1.29, 1.82) is 5.41 Å². The number of nitrogens with one attached hydrogen (secondary N) is 4. The van der Waals surface area contributed by atoms with Gasteiger partial charge in [-0.3, -0.25) is 15.3 Å². The van der Waals surface area contributed by atoms with Gasteiger partial charge in [0.25, 0.3) is 0 Å². The summed E-state index contributed by atoms with van der Waals surface area (Å²) in [6.45, 7) is 3.87. The third-order valence-electron chi connectivity index (χ3n) is 3.62. The zero-order valence-corrected chi connectivity index (χ0v) is 16.1. The normalized spacial score (nSPS) is 11.7. The van der Waals surface area contributed by atoms with E-state index in [0.717, 1.165) is 11.4 Å². The summed E-state index contributed by atoms with van der Waals surface area (Å²) in [5.41, 5.74) is 9.81. The van der Waals surface area contributed by atoms with Crippen LogP contribution in [0.4, 0.5) is 22.0 Å². The Morgan fingerprint density at radius 3 is 2.79 bits per heavy atom. The van der Waals surface area contributed by atoms with Crippen LogP contribution in [0.2, 0.25) is 0 Å². The molecule has 9 nitrogen and oxygen atoms in total. The number of aryl methyl sites for hydroxylation is 1. The topological polar surface area (TPSA) is 141 Å². The van der Waals surface area contributed by atoms with Crippen molar-refractivity contribution in [2.45, 2.75) is 13.8 Å². The van der Waals surface area contributed by atoms with E-state index in [4.69, 9.17) is 11.1 Å². The van der Waals surface area contributed by atoms with E-state index < -0.39 is 6.03 Å². The molecule has 0 saturated heterocycles. The van der Waals surface area contributed by atoms with Gasteiger partial charge in [0, 0.05) is 42.1 Å². The second-order valence-electron chi connectivity index (χ2n) is 6.02. The molecule has 0 saturated carbocycles. The van der Waals surface area contributed by atoms with Gasteiger partial charge < -0.3 is 21.8 Å². The quantitative estimate of drug-likeness (QED) is 0.469. The minimum absolute atomic E-state index is 0.231. The molecule has 146 valence electrons. The van der Waals surface area contributed by atoms with Crippen molar-refractivity contribution in [3.8, 4) is 0 Å². The van der Waals surface area contributed by atoms with Crippen molar-refractivity contribution < 1.29 is 4.79 Å². The summed E-state index contributed by atoms with van der Waals surface area (Å²) in [5, 5.41) is 16.2. The van der Waals surface area contributed by atoms with Crippen molar-refractivity contribution in [3.05, 3.63) is 53.6 Å². The summed E-state index contributed by atoms with van der Waals surface area (Å²) in [6, 6.07) is 4.89. The molecule has 2 aromatic heterocycles. The Hall–Kier alpha value is -3.75. The molecule has 0 spiro atoms.